The van der Waals surface area contributed by atoms with Crippen LogP contribution in [0.15, 0.2) is 45.7 Å². The van der Waals surface area contributed by atoms with Gasteiger partial charge in [0.15, 0.2) is 5.16 Å². The maximum atomic E-state index is 13.3. The Hall–Kier alpha value is -2.12. The van der Waals surface area contributed by atoms with E-state index in [1.807, 2.05) is 49.6 Å². The Morgan fingerprint density at radius 2 is 2.00 bits per heavy atom. The van der Waals surface area contributed by atoms with Crippen molar-refractivity contribution in [3.05, 3.63) is 46.1 Å². The van der Waals surface area contributed by atoms with Crippen molar-refractivity contribution in [1.29, 1.82) is 0 Å². The lowest BCUT2D eigenvalue weighted by atomic mass is 9.95. The van der Waals surface area contributed by atoms with Gasteiger partial charge in [0, 0.05) is 23.5 Å². The quantitative estimate of drug-likeness (QED) is 0.428. The van der Waals surface area contributed by atoms with E-state index in [4.69, 9.17) is 4.98 Å². The fourth-order valence-electron chi connectivity index (χ4n) is 3.98. The van der Waals surface area contributed by atoms with E-state index in [1.54, 1.807) is 4.57 Å². The van der Waals surface area contributed by atoms with Crippen LogP contribution < -0.4 is 10.9 Å². The normalized spacial score (nSPS) is 15.9. The highest BCUT2D eigenvalue weighted by molar-refractivity contribution is 8.00. The van der Waals surface area contributed by atoms with Crippen LogP contribution in [0.2, 0.25) is 0 Å². The summed E-state index contributed by atoms with van der Waals surface area (Å²) in [4.78, 5) is 31.5. The highest BCUT2D eigenvalue weighted by atomic mass is 32.2. The predicted octanol–water partition coefficient (Wildman–Crippen LogP) is 5.07. The van der Waals surface area contributed by atoms with Crippen LogP contribution in [0.3, 0.4) is 0 Å². The molecule has 1 aliphatic carbocycles. The maximum Gasteiger partial charge on any atom is 0.263 e. The number of nitrogens with one attached hydrogen (secondary N) is 1. The Labute approximate surface area is 184 Å². The van der Waals surface area contributed by atoms with Crippen LogP contribution in [0.25, 0.3) is 21.3 Å². The Kier molecular flexibility index (Phi) is 6.58. The topological polar surface area (TPSA) is 64.0 Å². The van der Waals surface area contributed by atoms with Crippen LogP contribution >= 0.6 is 23.1 Å². The number of nitrogens with zero attached hydrogens (tertiary/aromatic N) is 2. The van der Waals surface area contributed by atoms with E-state index < -0.39 is 0 Å². The molecular formula is C23H27N3O2S2. The minimum Gasteiger partial charge on any atom is -0.352 e. The van der Waals surface area contributed by atoms with Crippen molar-refractivity contribution in [1.82, 2.24) is 14.9 Å². The zero-order valence-electron chi connectivity index (χ0n) is 17.4. The summed E-state index contributed by atoms with van der Waals surface area (Å²) in [5.41, 5.74) is 1.91. The lowest BCUT2D eigenvalue weighted by molar-refractivity contribution is -0.121. The number of aromatic nitrogens is 2. The number of carbonyl (C=O) groups excluding carboxylic acids is 1. The van der Waals surface area contributed by atoms with Gasteiger partial charge in [0.25, 0.3) is 5.56 Å². The molecule has 0 radical (unpaired) electrons. The number of rotatable bonds is 6. The molecule has 4 rings (SSSR count). The largest absolute Gasteiger partial charge is 0.352 e. The first-order valence-electron chi connectivity index (χ1n) is 10.6. The van der Waals surface area contributed by atoms with Gasteiger partial charge in [-0.25, -0.2) is 4.98 Å². The average molecular weight is 442 g/mol. The van der Waals surface area contributed by atoms with E-state index in [1.165, 1.54) is 42.4 Å². The van der Waals surface area contributed by atoms with E-state index >= 15 is 0 Å². The van der Waals surface area contributed by atoms with E-state index in [-0.39, 0.29) is 22.8 Å². The summed E-state index contributed by atoms with van der Waals surface area (Å²) in [5.74, 6) is 0.0278. The lowest BCUT2D eigenvalue weighted by Crippen LogP contribution is -2.40. The standard InChI is InChI=1S/C23H27N3O2S2/c1-3-26-22(28)19-18(16-10-6-4-7-11-16)14-29-21(19)25-23(26)30-15(2)20(27)24-17-12-8-5-9-13-17/h4,6-7,10-11,14-15,17H,3,5,8-9,12-13H2,1-2H3,(H,24,27). The second-order valence-corrected chi connectivity index (χ2v) is 9.91. The molecular weight excluding hydrogens is 414 g/mol. The molecule has 2 aromatic heterocycles. The molecule has 0 aliphatic heterocycles. The van der Waals surface area contributed by atoms with Crippen LogP contribution in [0, 0.1) is 0 Å². The van der Waals surface area contributed by atoms with Crippen molar-refractivity contribution in [2.24, 2.45) is 0 Å². The number of amides is 1. The predicted molar refractivity (Wildman–Crippen MR) is 125 cm³/mol. The van der Waals surface area contributed by atoms with Crippen molar-refractivity contribution >= 4 is 39.2 Å². The summed E-state index contributed by atoms with van der Waals surface area (Å²) in [7, 11) is 0. The molecule has 158 valence electrons. The van der Waals surface area contributed by atoms with Gasteiger partial charge >= 0.3 is 0 Å². The summed E-state index contributed by atoms with van der Waals surface area (Å²) in [6, 6.07) is 10.2. The number of hydrogen-bond donors (Lipinski definition) is 1. The van der Waals surface area contributed by atoms with Crippen LogP contribution in [-0.4, -0.2) is 26.8 Å². The van der Waals surface area contributed by atoms with E-state index in [0.29, 0.717) is 17.1 Å². The van der Waals surface area contributed by atoms with E-state index in [9.17, 15) is 9.59 Å². The number of fused-ring (bicyclic) bond motifs is 1. The zero-order chi connectivity index (χ0) is 21.1. The molecule has 1 atom stereocenters. The van der Waals surface area contributed by atoms with E-state index in [2.05, 4.69) is 5.32 Å². The second kappa shape index (κ2) is 9.35. The minimum atomic E-state index is -0.303. The zero-order valence-corrected chi connectivity index (χ0v) is 19.0. The number of thioether (sulfide) groups is 1. The van der Waals surface area contributed by atoms with Crippen molar-refractivity contribution in [3.8, 4) is 11.1 Å². The molecule has 7 heteroatoms. The number of carbonyl (C=O) groups is 1. The van der Waals surface area contributed by atoms with Crippen molar-refractivity contribution < 1.29 is 4.79 Å². The minimum absolute atomic E-state index is 0.0278. The molecule has 2 heterocycles. The van der Waals surface area contributed by atoms with Gasteiger partial charge < -0.3 is 5.32 Å². The van der Waals surface area contributed by atoms with Gasteiger partial charge in [0.1, 0.15) is 4.83 Å². The molecule has 0 spiro atoms. The Bertz CT molecular complexity index is 1090. The van der Waals surface area contributed by atoms with Gasteiger partial charge in [0.2, 0.25) is 5.91 Å². The van der Waals surface area contributed by atoms with Crippen molar-refractivity contribution in [3.63, 3.8) is 0 Å². The summed E-state index contributed by atoms with van der Waals surface area (Å²) in [6.45, 7) is 4.36. The smallest absolute Gasteiger partial charge is 0.263 e. The fourth-order valence-corrected chi connectivity index (χ4v) is 5.95. The molecule has 1 N–H and O–H groups in total. The van der Waals surface area contributed by atoms with Gasteiger partial charge in [-0.15, -0.1) is 11.3 Å². The van der Waals surface area contributed by atoms with E-state index in [0.717, 1.165) is 28.8 Å². The van der Waals surface area contributed by atoms with Crippen LogP contribution in [-0.2, 0) is 11.3 Å². The highest BCUT2D eigenvalue weighted by Crippen LogP contribution is 2.33. The highest BCUT2D eigenvalue weighted by Gasteiger charge is 2.23. The van der Waals surface area contributed by atoms with Crippen molar-refractivity contribution in [2.45, 2.75) is 68.9 Å². The second-order valence-electron chi connectivity index (χ2n) is 7.74. The molecule has 0 saturated heterocycles. The first-order chi connectivity index (χ1) is 14.6. The third-order valence-electron chi connectivity index (χ3n) is 5.66. The molecule has 1 unspecified atom stereocenters. The molecule has 1 saturated carbocycles. The van der Waals surface area contributed by atoms with Crippen LogP contribution in [0.1, 0.15) is 46.0 Å². The Balaban J connectivity index is 1.61. The SMILES string of the molecule is CCn1c(SC(C)C(=O)NC2CCCCC2)nc2scc(-c3ccccc3)c2c1=O. The Morgan fingerprint density at radius 3 is 2.70 bits per heavy atom. The number of thiophene rings is 1. The summed E-state index contributed by atoms with van der Waals surface area (Å²) in [5, 5.41) is 6.16. The molecule has 3 aromatic rings. The van der Waals surface area contributed by atoms with Gasteiger partial charge in [-0.1, -0.05) is 61.4 Å². The summed E-state index contributed by atoms with van der Waals surface area (Å²) >= 11 is 2.85. The monoisotopic (exact) mass is 441 g/mol. The molecule has 1 aromatic carbocycles. The molecule has 30 heavy (non-hydrogen) atoms. The first kappa shape index (κ1) is 21.1. The molecule has 1 amide bonds. The number of benzene rings is 1. The van der Waals surface area contributed by atoms with Gasteiger partial charge in [0.05, 0.1) is 10.6 Å². The molecule has 1 fully saturated rings. The summed E-state index contributed by atoms with van der Waals surface area (Å²) in [6.07, 6.45) is 5.74. The first-order valence-corrected chi connectivity index (χ1v) is 12.4. The lowest BCUT2D eigenvalue weighted by Gasteiger charge is -2.24. The van der Waals surface area contributed by atoms with Crippen molar-refractivity contribution in [2.75, 3.05) is 0 Å². The fraction of sp³-hybridized carbons (Fsp3) is 0.435. The third-order valence-corrected chi connectivity index (χ3v) is 7.63. The molecule has 5 nitrogen and oxygen atoms in total. The third kappa shape index (κ3) is 4.32. The molecule has 1 aliphatic rings. The van der Waals surface area contributed by atoms with Gasteiger partial charge in [-0.2, -0.15) is 0 Å². The van der Waals surface area contributed by atoms with Gasteiger partial charge in [-0.05, 0) is 32.3 Å². The van der Waals surface area contributed by atoms with Crippen LogP contribution in [0.4, 0.5) is 0 Å². The number of hydrogen-bond acceptors (Lipinski definition) is 5. The average Bonchev–Trinajstić information content (AvgIpc) is 3.19. The molecule has 0 bridgehead atoms. The maximum absolute atomic E-state index is 13.3. The summed E-state index contributed by atoms with van der Waals surface area (Å²) < 4.78 is 1.69. The van der Waals surface area contributed by atoms with Gasteiger partial charge in [-0.3, -0.25) is 14.2 Å². The Morgan fingerprint density at radius 1 is 1.27 bits per heavy atom. The van der Waals surface area contributed by atoms with Crippen LogP contribution in [0.5, 0.6) is 0 Å².